The van der Waals surface area contributed by atoms with E-state index in [1.54, 1.807) is 7.11 Å². The number of nitrogens with zero attached hydrogens (tertiary/aromatic N) is 2. The number of ether oxygens (including phenoxy) is 1. The predicted octanol–water partition coefficient (Wildman–Crippen LogP) is 0.481. The summed E-state index contributed by atoms with van der Waals surface area (Å²) in [6.07, 6.45) is 2.24. The van der Waals surface area contributed by atoms with Crippen molar-refractivity contribution in [3.05, 3.63) is 21.6 Å². The number of carbonyl (C=O) groups excluding carboxylic acids is 1. The summed E-state index contributed by atoms with van der Waals surface area (Å²) >= 11 is 5.96. The van der Waals surface area contributed by atoms with E-state index in [0.717, 1.165) is 6.42 Å². The van der Waals surface area contributed by atoms with Crippen molar-refractivity contribution in [2.24, 2.45) is 0 Å². The minimum Gasteiger partial charge on any atom is -0.383 e. The fourth-order valence-corrected chi connectivity index (χ4v) is 1.70. The Balaban J connectivity index is 2.58. The van der Waals surface area contributed by atoms with Gasteiger partial charge in [0.25, 0.3) is 5.56 Å². The molecule has 0 bridgehead atoms. The van der Waals surface area contributed by atoms with Crippen LogP contribution in [0, 0.1) is 0 Å². The first-order chi connectivity index (χ1) is 9.60. The van der Waals surface area contributed by atoms with Crippen LogP contribution in [0.3, 0.4) is 0 Å². The molecule has 0 fully saturated rings. The summed E-state index contributed by atoms with van der Waals surface area (Å²) in [6, 6.07) is 0. The van der Waals surface area contributed by atoms with Gasteiger partial charge in [-0.05, 0) is 6.42 Å². The third-order valence-electron chi connectivity index (χ3n) is 2.49. The van der Waals surface area contributed by atoms with Crippen molar-refractivity contribution in [2.75, 3.05) is 32.1 Å². The average molecular weight is 303 g/mol. The zero-order valence-electron chi connectivity index (χ0n) is 11.6. The van der Waals surface area contributed by atoms with E-state index < -0.39 is 0 Å². The lowest BCUT2D eigenvalue weighted by molar-refractivity contribution is -0.119. The molecule has 112 valence electrons. The van der Waals surface area contributed by atoms with Gasteiger partial charge in [0, 0.05) is 20.2 Å². The topological polar surface area (TPSA) is 85.2 Å². The Hall–Kier alpha value is -1.60. The fraction of sp³-hybridized carbons (Fsp3) is 0.583. The van der Waals surface area contributed by atoms with Crippen LogP contribution in [0.15, 0.2) is 11.0 Å². The largest absolute Gasteiger partial charge is 0.383 e. The highest BCUT2D eigenvalue weighted by molar-refractivity contribution is 6.33. The smallest absolute Gasteiger partial charge is 0.287 e. The van der Waals surface area contributed by atoms with Crippen LogP contribution in [0.2, 0.25) is 5.02 Å². The molecule has 1 rings (SSSR count). The Morgan fingerprint density at radius 3 is 2.95 bits per heavy atom. The first-order valence-corrected chi connectivity index (χ1v) is 6.73. The molecule has 1 heterocycles. The second kappa shape index (κ2) is 8.55. The monoisotopic (exact) mass is 302 g/mol. The molecule has 1 aromatic rings. The summed E-state index contributed by atoms with van der Waals surface area (Å²) in [5.74, 6) is -0.212. The number of aryl methyl sites for hydroxylation is 1. The second-order valence-corrected chi connectivity index (χ2v) is 4.47. The Morgan fingerprint density at radius 1 is 1.55 bits per heavy atom. The van der Waals surface area contributed by atoms with Gasteiger partial charge in [0.05, 0.1) is 25.0 Å². The van der Waals surface area contributed by atoms with Gasteiger partial charge in [0.2, 0.25) is 5.91 Å². The SMILES string of the molecule is CCCn1ncc(NCC(=O)NCCOC)c(Cl)c1=O. The first kappa shape index (κ1) is 16.5. The summed E-state index contributed by atoms with van der Waals surface area (Å²) in [4.78, 5) is 23.3. The van der Waals surface area contributed by atoms with Crippen molar-refractivity contribution in [3.63, 3.8) is 0 Å². The van der Waals surface area contributed by atoms with E-state index in [2.05, 4.69) is 15.7 Å². The first-order valence-electron chi connectivity index (χ1n) is 6.35. The Morgan fingerprint density at radius 2 is 2.30 bits per heavy atom. The molecule has 0 aliphatic carbocycles. The molecular formula is C12H19ClN4O3. The van der Waals surface area contributed by atoms with Crippen LogP contribution in [-0.2, 0) is 16.1 Å². The molecule has 7 nitrogen and oxygen atoms in total. The zero-order valence-corrected chi connectivity index (χ0v) is 12.4. The standard InChI is InChI=1S/C12H19ClN4O3/c1-3-5-17-12(19)11(13)9(7-16-17)15-8-10(18)14-4-6-20-2/h7,15H,3-6,8H2,1-2H3,(H,14,18). The molecule has 0 unspecified atom stereocenters. The van der Waals surface area contributed by atoms with Gasteiger partial charge in [-0.25, -0.2) is 4.68 Å². The Kier molecular flexibility index (Phi) is 7.03. The maximum atomic E-state index is 11.8. The van der Waals surface area contributed by atoms with E-state index >= 15 is 0 Å². The summed E-state index contributed by atoms with van der Waals surface area (Å²) in [5.41, 5.74) is -0.00998. The molecule has 1 amide bonds. The average Bonchev–Trinajstić information content (AvgIpc) is 2.43. The van der Waals surface area contributed by atoms with Gasteiger partial charge < -0.3 is 15.4 Å². The number of rotatable bonds is 8. The molecule has 0 aromatic carbocycles. The lowest BCUT2D eigenvalue weighted by Gasteiger charge is -2.10. The lowest BCUT2D eigenvalue weighted by atomic mass is 10.4. The van der Waals surface area contributed by atoms with Crippen LogP contribution in [0.5, 0.6) is 0 Å². The quantitative estimate of drug-likeness (QED) is 0.682. The molecule has 0 saturated carbocycles. The number of nitrogens with one attached hydrogen (secondary N) is 2. The van der Waals surface area contributed by atoms with Gasteiger partial charge in [-0.2, -0.15) is 5.10 Å². The van der Waals surface area contributed by atoms with Crippen LogP contribution in [-0.4, -0.2) is 42.5 Å². The zero-order chi connectivity index (χ0) is 15.0. The lowest BCUT2D eigenvalue weighted by Crippen LogP contribution is -2.33. The van der Waals surface area contributed by atoms with Crippen LogP contribution >= 0.6 is 11.6 Å². The minimum atomic E-state index is -0.363. The minimum absolute atomic E-state index is 0.0162. The predicted molar refractivity (Wildman–Crippen MR) is 77.2 cm³/mol. The van der Waals surface area contributed by atoms with Crippen molar-refractivity contribution in [1.82, 2.24) is 15.1 Å². The van der Waals surface area contributed by atoms with Gasteiger partial charge in [0.1, 0.15) is 5.02 Å². The van der Waals surface area contributed by atoms with Crippen LogP contribution < -0.4 is 16.2 Å². The second-order valence-electron chi connectivity index (χ2n) is 4.10. The van der Waals surface area contributed by atoms with Crippen LogP contribution in [0.1, 0.15) is 13.3 Å². The molecule has 20 heavy (non-hydrogen) atoms. The van der Waals surface area contributed by atoms with Gasteiger partial charge in [0.15, 0.2) is 0 Å². The van der Waals surface area contributed by atoms with E-state index in [0.29, 0.717) is 25.4 Å². The van der Waals surface area contributed by atoms with Crippen molar-refractivity contribution in [3.8, 4) is 0 Å². The van der Waals surface area contributed by atoms with Crippen LogP contribution in [0.25, 0.3) is 0 Å². The number of aromatic nitrogens is 2. The highest BCUT2D eigenvalue weighted by Crippen LogP contribution is 2.14. The molecule has 0 radical (unpaired) electrons. The van der Waals surface area contributed by atoms with E-state index in [1.807, 2.05) is 6.92 Å². The summed E-state index contributed by atoms with van der Waals surface area (Å²) in [7, 11) is 1.56. The molecule has 1 aromatic heterocycles. The fourth-order valence-electron chi connectivity index (χ4n) is 1.49. The summed E-state index contributed by atoms with van der Waals surface area (Å²) < 4.78 is 6.11. The van der Waals surface area contributed by atoms with Gasteiger partial charge in [-0.3, -0.25) is 9.59 Å². The summed E-state index contributed by atoms with van der Waals surface area (Å²) in [6.45, 7) is 3.35. The van der Waals surface area contributed by atoms with Gasteiger partial charge in [-0.1, -0.05) is 18.5 Å². The molecule has 0 spiro atoms. The number of amides is 1. The molecule has 0 atom stereocenters. The number of anilines is 1. The highest BCUT2D eigenvalue weighted by Gasteiger charge is 2.09. The number of halogens is 1. The molecular weight excluding hydrogens is 284 g/mol. The normalized spacial score (nSPS) is 10.3. The molecule has 8 heteroatoms. The van der Waals surface area contributed by atoms with E-state index in [9.17, 15) is 9.59 Å². The number of methoxy groups -OCH3 is 1. The molecule has 0 aliphatic rings. The molecule has 0 saturated heterocycles. The van der Waals surface area contributed by atoms with E-state index in [-0.39, 0.29) is 23.0 Å². The third kappa shape index (κ3) is 4.82. The summed E-state index contributed by atoms with van der Waals surface area (Å²) in [5, 5.41) is 9.46. The van der Waals surface area contributed by atoms with Crippen molar-refractivity contribution < 1.29 is 9.53 Å². The van der Waals surface area contributed by atoms with Crippen molar-refractivity contribution in [2.45, 2.75) is 19.9 Å². The van der Waals surface area contributed by atoms with Crippen molar-refractivity contribution in [1.29, 1.82) is 0 Å². The van der Waals surface area contributed by atoms with Crippen LogP contribution in [0.4, 0.5) is 5.69 Å². The third-order valence-corrected chi connectivity index (χ3v) is 2.85. The maximum Gasteiger partial charge on any atom is 0.287 e. The molecule has 0 aliphatic heterocycles. The van der Waals surface area contributed by atoms with Crippen molar-refractivity contribution >= 4 is 23.2 Å². The van der Waals surface area contributed by atoms with Gasteiger partial charge in [-0.15, -0.1) is 0 Å². The van der Waals surface area contributed by atoms with E-state index in [1.165, 1.54) is 10.9 Å². The Bertz CT molecular complexity index is 504. The Labute approximate surface area is 122 Å². The number of hydrogen-bond acceptors (Lipinski definition) is 5. The highest BCUT2D eigenvalue weighted by atomic mass is 35.5. The number of hydrogen-bond donors (Lipinski definition) is 2. The molecule has 2 N–H and O–H groups in total. The number of carbonyl (C=O) groups is 1. The van der Waals surface area contributed by atoms with Gasteiger partial charge >= 0.3 is 0 Å². The van der Waals surface area contributed by atoms with E-state index in [4.69, 9.17) is 16.3 Å². The maximum absolute atomic E-state index is 11.8.